The van der Waals surface area contributed by atoms with Gasteiger partial charge >= 0.3 is 0 Å². The van der Waals surface area contributed by atoms with E-state index in [1.807, 2.05) is 0 Å². The second-order valence-corrected chi connectivity index (χ2v) is 6.74. The number of benzene rings is 2. The molecule has 0 radical (unpaired) electrons. The van der Waals surface area contributed by atoms with E-state index in [9.17, 15) is 26.7 Å². The summed E-state index contributed by atoms with van der Waals surface area (Å²) in [5, 5.41) is 2.41. The first-order chi connectivity index (χ1) is 13.8. The molecule has 0 unspecified atom stereocenters. The molecular weight excluding hydrogens is 393 g/mol. The van der Waals surface area contributed by atoms with Crippen molar-refractivity contribution >= 4 is 17.3 Å². The van der Waals surface area contributed by atoms with E-state index in [0.717, 1.165) is 38.4 Å². The number of halogens is 5. The minimum Gasteiger partial charge on any atom is -0.369 e. The van der Waals surface area contributed by atoms with Gasteiger partial charge in [0.2, 0.25) is 11.7 Å². The van der Waals surface area contributed by atoms with Crippen LogP contribution in [0.25, 0.3) is 0 Å². The number of piperazine rings is 1. The molecule has 29 heavy (non-hydrogen) atoms. The van der Waals surface area contributed by atoms with E-state index in [2.05, 4.69) is 22.0 Å². The summed E-state index contributed by atoms with van der Waals surface area (Å²) in [5.74, 6) is -11.3. The molecule has 2 aromatic rings. The largest absolute Gasteiger partial charge is 0.369 e. The van der Waals surface area contributed by atoms with Gasteiger partial charge in [-0.1, -0.05) is 6.92 Å². The normalized spacial score (nSPS) is 14.9. The predicted molar refractivity (Wildman–Crippen MR) is 99.3 cm³/mol. The Kier molecular flexibility index (Phi) is 6.36. The third-order valence-electron chi connectivity index (χ3n) is 4.97. The number of amides is 1. The van der Waals surface area contributed by atoms with Crippen LogP contribution in [0.3, 0.4) is 0 Å². The molecule has 3 rings (SSSR count). The van der Waals surface area contributed by atoms with Crippen LogP contribution in [0.2, 0.25) is 0 Å². The molecule has 9 heteroatoms. The standard InChI is InChI=1S/C20H20F5N3O/c1-2-27-7-9-28(10-8-27)13-5-3-12(4-6-13)26-15(29)11-14-16(21)18(23)20(25)19(24)17(14)22/h3-6H,2,7-11H2,1H3,(H,26,29). The summed E-state index contributed by atoms with van der Waals surface area (Å²) in [4.78, 5) is 16.6. The molecule has 1 heterocycles. The second-order valence-electron chi connectivity index (χ2n) is 6.74. The highest BCUT2D eigenvalue weighted by Crippen LogP contribution is 2.24. The van der Waals surface area contributed by atoms with Crippen molar-refractivity contribution in [3.63, 3.8) is 0 Å². The molecule has 1 N–H and O–H groups in total. The van der Waals surface area contributed by atoms with Crippen LogP contribution in [0, 0.1) is 29.1 Å². The second kappa shape index (κ2) is 8.77. The van der Waals surface area contributed by atoms with Crippen LogP contribution >= 0.6 is 0 Å². The fraction of sp³-hybridized carbons (Fsp3) is 0.350. The van der Waals surface area contributed by atoms with Gasteiger partial charge in [0.1, 0.15) is 0 Å². The van der Waals surface area contributed by atoms with E-state index in [4.69, 9.17) is 0 Å². The Morgan fingerprint density at radius 2 is 1.38 bits per heavy atom. The van der Waals surface area contributed by atoms with Crippen molar-refractivity contribution in [1.82, 2.24) is 4.90 Å². The average molecular weight is 413 g/mol. The first-order valence-electron chi connectivity index (χ1n) is 9.19. The first-order valence-corrected chi connectivity index (χ1v) is 9.19. The van der Waals surface area contributed by atoms with Crippen LogP contribution in [0.1, 0.15) is 12.5 Å². The molecule has 1 aliphatic rings. The predicted octanol–water partition coefficient (Wildman–Crippen LogP) is 3.71. The number of likely N-dealkylation sites (N-methyl/N-ethyl adjacent to an activating group) is 1. The molecule has 0 spiro atoms. The van der Waals surface area contributed by atoms with Crippen molar-refractivity contribution in [2.45, 2.75) is 13.3 Å². The number of carbonyl (C=O) groups excluding carboxylic acids is 1. The Morgan fingerprint density at radius 1 is 0.862 bits per heavy atom. The van der Waals surface area contributed by atoms with Gasteiger partial charge in [-0.15, -0.1) is 0 Å². The molecule has 2 aromatic carbocycles. The van der Waals surface area contributed by atoms with Gasteiger partial charge in [0.15, 0.2) is 23.3 Å². The molecule has 1 amide bonds. The highest BCUT2D eigenvalue weighted by Gasteiger charge is 2.27. The van der Waals surface area contributed by atoms with E-state index >= 15 is 0 Å². The molecule has 0 aromatic heterocycles. The number of hydrogen-bond donors (Lipinski definition) is 1. The Balaban J connectivity index is 1.65. The number of rotatable bonds is 5. The fourth-order valence-electron chi connectivity index (χ4n) is 3.25. The zero-order chi connectivity index (χ0) is 21.1. The fourth-order valence-corrected chi connectivity index (χ4v) is 3.25. The third kappa shape index (κ3) is 4.50. The van der Waals surface area contributed by atoms with Crippen LogP contribution < -0.4 is 10.2 Å². The van der Waals surface area contributed by atoms with Crippen LogP contribution in [0.15, 0.2) is 24.3 Å². The monoisotopic (exact) mass is 413 g/mol. The summed E-state index contributed by atoms with van der Waals surface area (Å²) in [6.45, 7) is 6.77. The van der Waals surface area contributed by atoms with Gasteiger partial charge in [-0.3, -0.25) is 4.79 Å². The summed E-state index contributed by atoms with van der Waals surface area (Å²) >= 11 is 0. The van der Waals surface area contributed by atoms with Gasteiger partial charge in [0.05, 0.1) is 6.42 Å². The van der Waals surface area contributed by atoms with E-state index in [1.54, 1.807) is 24.3 Å². The van der Waals surface area contributed by atoms with E-state index < -0.39 is 47.0 Å². The lowest BCUT2D eigenvalue weighted by Crippen LogP contribution is -2.46. The van der Waals surface area contributed by atoms with Crippen LogP contribution in [-0.2, 0) is 11.2 Å². The molecule has 1 saturated heterocycles. The van der Waals surface area contributed by atoms with Crippen LogP contribution in [0.5, 0.6) is 0 Å². The summed E-state index contributed by atoms with van der Waals surface area (Å²) in [7, 11) is 0. The number of nitrogens with one attached hydrogen (secondary N) is 1. The van der Waals surface area contributed by atoms with Gasteiger partial charge in [0, 0.05) is 43.1 Å². The Hall–Kier alpha value is -2.68. The maximum Gasteiger partial charge on any atom is 0.229 e. The zero-order valence-corrected chi connectivity index (χ0v) is 15.7. The van der Waals surface area contributed by atoms with E-state index in [1.165, 1.54) is 0 Å². The topological polar surface area (TPSA) is 35.6 Å². The zero-order valence-electron chi connectivity index (χ0n) is 15.7. The van der Waals surface area contributed by atoms with Gasteiger partial charge in [-0.25, -0.2) is 22.0 Å². The Bertz CT molecular complexity index is 867. The SMILES string of the molecule is CCN1CCN(c2ccc(NC(=O)Cc3c(F)c(F)c(F)c(F)c3F)cc2)CC1. The Labute approximate surface area is 164 Å². The van der Waals surface area contributed by atoms with Crippen LogP contribution in [-0.4, -0.2) is 43.5 Å². The summed E-state index contributed by atoms with van der Waals surface area (Å²) < 4.78 is 67.0. The molecule has 0 saturated carbocycles. The van der Waals surface area contributed by atoms with Crippen LogP contribution in [0.4, 0.5) is 33.3 Å². The van der Waals surface area contributed by atoms with Crippen molar-refractivity contribution in [3.05, 3.63) is 58.9 Å². The molecule has 1 aliphatic heterocycles. The van der Waals surface area contributed by atoms with Crippen molar-refractivity contribution in [2.24, 2.45) is 0 Å². The summed E-state index contributed by atoms with van der Waals surface area (Å²) in [6, 6.07) is 6.85. The van der Waals surface area contributed by atoms with Crippen molar-refractivity contribution in [3.8, 4) is 0 Å². The number of anilines is 2. The average Bonchev–Trinajstić information content (AvgIpc) is 2.74. The highest BCUT2D eigenvalue weighted by atomic mass is 19.2. The number of hydrogen-bond acceptors (Lipinski definition) is 3. The summed E-state index contributed by atoms with van der Waals surface area (Å²) in [6.07, 6.45) is -0.980. The summed E-state index contributed by atoms with van der Waals surface area (Å²) in [5.41, 5.74) is 0.164. The maximum atomic E-state index is 13.7. The van der Waals surface area contributed by atoms with Crippen molar-refractivity contribution in [2.75, 3.05) is 42.9 Å². The molecular formula is C20H20F5N3O. The molecule has 1 fully saturated rings. The first kappa shape index (κ1) is 21.0. The van der Waals surface area contributed by atoms with Gasteiger partial charge < -0.3 is 15.1 Å². The smallest absolute Gasteiger partial charge is 0.229 e. The van der Waals surface area contributed by atoms with E-state index in [0.29, 0.717) is 5.69 Å². The lowest BCUT2D eigenvalue weighted by atomic mass is 10.1. The molecule has 156 valence electrons. The number of nitrogens with zero attached hydrogens (tertiary/aromatic N) is 2. The quantitative estimate of drug-likeness (QED) is 0.461. The van der Waals surface area contributed by atoms with Gasteiger partial charge in [0.25, 0.3) is 0 Å². The minimum atomic E-state index is -2.25. The molecule has 0 atom stereocenters. The lowest BCUT2D eigenvalue weighted by Gasteiger charge is -2.35. The maximum absolute atomic E-state index is 13.7. The van der Waals surface area contributed by atoms with Crippen molar-refractivity contribution < 1.29 is 26.7 Å². The van der Waals surface area contributed by atoms with Crippen molar-refractivity contribution in [1.29, 1.82) is 0 Å². The third-order valence-corrected chi connectivity index (χ3v) is 4.97. The van der Waals surface area contributed by atoms with Gasteiger partial charge in [-0.2, -0.15) is 0 Å². The highest BCUT2D eigenvalue weighted by molar-refractivity contribution is 5.92. The van der Waals surface area contributed by atoms with E-state index in [-0.39, 0.29) is 0 Å². The lowest BCUT2D eigenvalue weighted by molar-refractivity contribution is -0.115. The number of carbonyl (C=O) groups is 1. The molecule has 0 bridgehead atoms. The van der Waals surface area contributed by atoms with Gasteiger partial charge in [-0.05, 0) is 30.8 Å². The Morgan fingerprint density at radius 3 is 1.90 bits per heavy atom. The minimum absolute atomic E-state index is 0.356. The molecule has 0 aliphatic carbocycles. The molecule has 4 nitrogen and oxygen atoms in total.